The van der Waals surface area contributed by atoms with E-state index in [0.717, 1.165) is 18.5 Å². The van der Waals surface area contributed by atoms with Crippen molar-refractivity contribution in [2.24, 2.45) is 0 Å². The molecule has 3 heteroatoms. The maximum Gasteiger partial charge on any atom is 0.414 e. The van der Waals surface area contributed by atoms with Gasteiger partial charge in [-0.05, 0) is 61.1 Å². The molecule has 2 aromatic carbocycles. The Morgan fingerprint density at radius 3 is 2.12 bits per heavy atom. The zero-order valence-electron chi connectivity index (χ0n) is 16.7. The normalized spacial score (nSPS) is 16.1. The van der Waals surface area contributed by atoms with Crippen LogP contribution >= 0.6 is 0 Å². The number of carbonyl (C=O) groups is 1. The summed E-state index contributed by atoms with van der Waals surface area (Å²) in [6.07, 6.45) is 2.80. The molecule has 1 heterocycles. The Balaban J connectivity index is 0.000000758. The molecule has 1 aliphatic heterocycles. The van der Waals surface area contributed by atoms with E-state index in [1.807, 2.05) is 13.0 Å². The minimum Gasteiger partial charge on any atom is -0.444 e. The van der Waals surface area contributed by atoms with Crippen molar-refractivity contribution in [3.8, 4) is 0 Å². The summed E-state index contributed by atoms with van der Waals surface area (Å²) in [4.78, 5) is 13.8. The van der Waals surface area contributed by atoms with Gasteiger partial charge in [0.2, 0.25) is 0 Å². The van der Waals surface area contributed by atoms with Gasteiger partial charge >= 0.3 is 6.09 Å². The Hall–Kier alpha value is -2.29. The highest BCUT2D eigenvalue weighted by Gasteiger charge is 2.31. The van der Waals surface area contributed by atoms with Crippen LogP contribution in [-0.4, -0.2) is 18.7 Å². The highest BCUT2D eigenvalue weighted by molar-refractivity contribution is 5.90. The fourth-order valence-electron chi connectivity index (χ4n) is 3.15. The van der Waals surface area contributed by atoms with Crippen LogP contribution < -0.4 is 4.90 Å². The Labute approximate surface area is 158 Å². The van der Waals surface area contributed by atoms with Crippen LogP contribution in [0.5, 0.6) is 0 Å². The molecular formula is C23H31NO2. The van der Waals surface area contributed by atoms with Crippen molar-refractivity contribution in [3.63, 3.8) is 0 Å². The molecule has 1 amide bonds. The van der Waals surface area contributed by atoms with Gasteiger partial charge in [-0.2, -0.15) is 0 Å². The predicted octanol–water partition coefficient (Wildman–Crippen LogP) is 6.05. The predicted molar refractivity (Wildman–Crippen MR) is 109 cm³/mol. The highest BCUT2D eigenvalue weighted by Crippen LogP contribution is 2.28. The average molecular weight is 354 g/mol. The van der Waals surface area contributed by atoms with Gasteiger partial charge in [-0.3, -0.25) is 4.90 Å². The standard InChI is InChI=1S/C20H23NO2.C3H8/c1-4-18-13-21(20(22)23-18)17-10-14(2)19(15(3)11-17)12-16-8-6-5-7-9-16;1-3-2/h5-11,18H,4,12-13H2,1-3H3;3H2,1-2H3. The molecule has 2 aromatic rings. The summed E-state index contributed by atoms with van der Waals surface area (Å²) in [6.45, 7) is 11.2. The van der Waals surface area contributed by atoms with Crippen molar-refractivity contribution in [1.29, 1.82) is 0 Å². The monoisotopic (exact) mass is 353 g/mol. The summed E-state index contributed by atoms with van der Waals surface area (Å²) < 4.78 is 5.37. The van der Waals surface area contributed by atoms with Gasteiger partial charge in [0.15, 0.2) is 0 Å². The first-order valence-corrected chi connectivity index (χ1v) is 9.62. The first-order chi connectivity index (χ1) is 12.5. The third-order valence-electron chi connectivity index (χ3n) is 4.55. The Kier molecular flexibility index (Phi) is 7.26. The minimum absolute atomic E-state index is 0.00658. The van der Waals surface area contributed by atoms with Crippen LogP contribution in [-0.2, 0) is 11.2 Å². The van der Waals surface area contributed by atoms with Crippen LogP contribution in [0, 0.1) is 13.8 Å². The van der Waals surface area contributed by atoms with Crippen molar-refractivity contribution in [2.75, 3.05) is 11.4 Å². The van der Waals surface area contributed by atoms with Crippen LogP contribution in [0.25, 0.3) is 0 Å². The molecule has 0 aliphatic carbocycles. The fourth-order valence-corrected chi connectivity index (χ4v) is 3.15. The zero-order valence-corrected chi connectivity index (χ0v) is 16.7. The summed E-state index contributed by atoms with van der Waals surface area (Å²) in [5, 5.41) is 0. The molecule has 0 aromatic heterocycles. The smallest absolute Gasteiger partial charge is 0.414 e. The van der Waals surface area contributed by atoms with Gasteiger partial charge < -0.3 is 4.74 Å². The minimum atomic E-state index is -0.230. The second kappa shape index (κ2) is 9.42. The van der Waals surface area contributed by atoms with Gasteiger partial charge in [0.25, 0.3) is 0 Å². The molecular weight excluding hydrogens is 322 g/mol. The van der Waals surface area contributed by atoms with E-state index in [4.69, 9.17) is 4.74 Å². The lowest BCUT2D eigenvalue weighted by Gasteiger charge is -2.18. The van der Waals surface area contributed by atoms with E-state index in [-0.39, 0.29) is 12.2 Å². The zero-order chi connectivity index (χ0) is 19.1. The lowest BCUT2D eigenvalue weighted by atomic mass is 9.95. The molecule has 26 heavy (non-hydrogen) atoms. The van der Waals surface area contributed by atoms with E-state index in [2.05, 4.69) is 64.1 Å². The molecule has 140 valence electrons. The molecule has 1 saturated heterocycles. The molecule has 1 fully saturated rings. The second-order valence-electron chi connectivity index (χ2n) is 6.95. The number of aryl methyl sites for hydroxylation is 2. The van der Waals surface area contributed by atoms with Crippen molar-refractivity contribution >= 4 is 11.8 Å². The number of benzene rings is 2. The van der Waals surface area contributed by atoms with Gasteiger partial charge in [-0.25, -0.2) is 4.79 Å². The van der Waals surface area contributed by atoms with E-state index >= 15 is 0 Å². The van der Waals surface area contributed by atoms with E-state index in [9.17, 15) is 4.79 Å². The summed E-state index contributed by atoms with van der Waals surface area (Å²) in [5.41, 5.74) is 6.02. The fraction of sp³-hybridized carbons (Fsp3) is 0.435. The Morgan fingerprint density at radius 2 is 1.62 bits per heavy atom. The first kappa shape index (κ1) is 20.0. The lowest BCUT2D eigenvalue weighted by Crippen LogP contribution is -2.24. The second-order valence-corrected chi connectivity index (χ2v) is 6.95. The number of hydrogen-bond donors (Lipinski definition) is 0. The van der Waals surface area contributed by atoms with Gasteiger partial charge in [-0.1, -0.05) is 57.5 Å². The maximum absolute atomic E-state index is 12.0. The maximum atomic E-state index is 12.0. The van der Waals surface area contributed by atoms with E-state index in [0.29, 0.717) is 6.54 Å². The molecule has 3 rings (SSSR count). The third kappa shape index (κ3) is 4.87. The first-order valence-electron chi connectivity index (χ1n) is 9.62. The van der Waals surface area contributed by atoms with Crippen LogP contribution in [0.1, 0.15) is 55.9 Å². The number of carbonyl (C=O) groups excluding carboxylic acids is 1. The molecule has 1 aliphatic rings. The number of rotatable bonds is 4. The number of ether oxygens (including phenoxy) is 1. The molecule has 0 radical (unpaired) electrons. The quantitative estimate of drug-likeness (QED) is 0.670. The molecule has 1 unspecified atom stereocenters. The van der Waals surface area contributed by atoms with Crippen LogP contribution in [0.15, 0.2) is 42.5 Å². The SMILES string of the molecule is CCC.CCC1CN(c2cc(C)c(Cc3ccccc3)c(C)c2)C(=O)O1. The van der Waals surface area contributed by atoms with Crippen molar-refractivity contribution in [1.82, 2.24) is 0 Å². The van der Waals surface area contributed by atoms with E-state index in [1.165, 1.54) is 28.7 Å². The average Bonchev–Trinajstić information content (AvgIpc) is 3.00. The molecule has 0 spiro atoms. The molecule has 0 saturated carbocycles. The molecule has 0 N–H and O–H groups in total. The van der Waals surface area contributed by atoms with Crippen LogP contribution in [0.3, 0.4) is 0 Å². The lowest BCUT2D eigenvalue weighted by molar-refractivity contribution is 0.139. The van der Waals surface area contributed by atoms with Crippen molar-refractivity contribution in [2.45, 2.75) is 60.0 Å². The summed E-state index contributed by atoms with van der Waals surface area (Å²) in [5.74, 6) is 0. The molecule has 0 bridgehead atoms. The Bertz CT molecular complexity index is 701. The molecule has 1 atom stereocenters. The summed E-state index contributed by atoms with van der Waals surface area (Å²) in [6, 6.07) is 14.7. The largest absolute Gasteiger partial charge is 0.444 e. The van der Waals surface area contributed by atoms with E-state index in [1.54, 1.807) is 4.90 Å². The van der Waals surface area contributed by atoms with Gasteiger partial charge in [0.05, 0.1) is 6.54 Å². The van der Waals surface area contributed by atoms with Gasteiger partial charge in [0.1, 0.15) is 6.10 Å². The number of hydrogen-bond acceptors (Lipinski definition) is 2. The van der Waals surface area contributed by atoms with Crippen LogP contribution in [0.2, 0.25) is 0 Å². The number of anilines is 1. The number of cyclic esters (lactones) is 1. The van der Waals surface area contributed by atoms with E-state index < -0.39 is 0 Å². The summed E-state index contributed by atoms with van der Waals surface area (Å²) in [7, 11) is 0. The highest BCUT2D eigenvalue weighted by atomic mass is 16.6. The van der Waals surface area contributed by atoms with Crippen molar-refractivity contribution in [3.05, 3.63) is 64.7 Å². The molecule has 3 nitrogen and oxygen atoms in total. The Morgan fingerprint density at radius 1 is 1.04 bits per heavy atom. The third-order valence-corrected chi connectivity index (χ3v) is 4.55. The topological polar surface area (TPSA) is 29.5 Å². The van der Waals surface area contributed by atoms with Crippen molar-refractivity contribution < 1.29 is 9.53 Å². The number of amides is 1. The van der Waals surface area contributed by atoms with Crippen LogP contribution in [0.4, 0.5) is 10.5 Å². The summed E-state index contributed by atoms with van der Waals surface area (Å²) >= 11 is 0. The van der Waals surface area contributed by atoms with Gasteiger partial charge in [0, 0.05) is 5.69 Å². The van der Waals surface area contributed by atoms with Gasteiger partial charge in [-0.15, -0.1) is 0 Å². The number of nitrogens with zero attached hydrogens (tertiary/aromatic N) is 1.